The maximum atomic E-state index is 12.7. The molecule has 0 N–H and O–H groups in total. The third kappa shape index (κ3) is 3.14. The minimum absolute atomic E-state index is 0.0566. The summed E-state index contributed by atoms with van der Waals surface area (Å²) >= 11 is 4.50. The number of fused-ring (bicyclic) bond motifs is 1. The van der Waals surface area contributed by atoms with E-state index in [0.717, 1.165) is 24.2 Å². The van der Waals surface area contributed by atoms with Crippen LogP contribution in [0.3, 0.4) is 0 Å². The summed E-state index contributed by atoms with van der Waals surface area (Å²) in [6, 6.07) is 6.13. The Labute approximate surface area is 157 Å². The molecule has 130 valence electrons. The molecule has 0 radical (unpaired) electrons. The fraction of sp³-hybridized carbons (Fsp3) is 0.353. The van der Waals surface area contributed by atoms with Crippen molar-refractivity contribution in [3.63, 3.8) is 0 Å². The summed E-state index contributed by atoms with van der Waals surface area (Å²) in [5.41, 5.74) is -0.0566. The molecule has 3 aromatic heterocycles. The Balaban J connectivity index is 1.50. The Morgan fingerprint density at radius 3 is 3.04 bits per heavy atom. The number of hydrogen-bond acceptors (Lipinski definition) is 6. The summed E-state index contributed by atoms with van der Waals surface area (Å²) in [5, 5.41) is 5.16. The van der Waals surface area contributed by atoms with Crippen LogP contribution in [-0.4, -0.2) is 32.7 Å². The first kappa shape index (κ1) is 16.8. The second-order valence-corrected chi connectivity index (χ2v) is 8.76. The smallest absolute Gasteiger partial charge is 0.262 e. The first-order chi connectivity index (χ1) is 12.1. The highest BCUT2D eigenvalue weighted by Gasteiger charge is 2.30. The van der Waals surface area contributed by atoms with E-state index in [2.05, 4.69) is 16.4 Å². The van der Waals surface area contributed by atoms with Crippen molar-refractivity contribution in [3.8, 4) is 0 Å². The quantitative estimate of drug-likeness (QED) is 0.504. The predicted molar refractivity (Wildman–Crippen MR) is 104 cm³/mol. The van der Waals surface area contributed by atoms with Crippen molar-refractivity contribution in [2.75, 3.05) is 12.3 Å². The topological polar surface area (TPSA) is 55.2 Å². The number of carbonyl (C=O) groups is 1. The Morgan fingerprint density at radius 1 is 1.36 bits per heavy atom. The van der Waals surface area contributed by atoms with Crippen molar-refractivity contribution in [3.05, 3.63) is 44.2 Å². The van der Waals surface area contributed by atoms with Crippen LogP contribution in [-0.2, 0) is 11.8 Å². The van der Waals surface area contributed by atoms with Gasteiger partial charge in [-0.15, -0.1) is 22.7 Å². The van der Waals surface area contributed by atoms with Gasteiger partial charge in [0.2, 0.25) is 5.91 Å². The number of likely N-dealkylation sites (tertiary alicyclic amines) is 1. The Morgan fingerprint density at radius 2 is 2.24 bits per heavy atom. The van der Waals surface area contributed by atoms with Crippen LogP contribution >= 0.6 is 34.4 Å². The molecule has 4 rings (SSSR count). The van der Waals surface area contributed by atoms with Crippen LogP contribution in [0, 0.1) is 0 Å². The van der Waals surface area contributed by atoms with Crippen molar-refractivity contribution in [2.45, 2.75) is 24.0 Å². The van der Waals surface area contributed by atoms with Crippen LogP contribution in [0.2, 0.25) is 0 Å². The first-order valence-electron chi connectivity index (χ1n) is 8.05. The van der Waals surface area contributed by atoms with Crippen LogP contribution in [0.1, 0.15) is 23.8 Å². The van der Waals surface area contributed by atoms with Crippen LogP contribution in [0.25, 0.3) is 10.2 Å². The van der Waals surface area contributed by atoms with Crippen LogP contribution in [0.15, 0.2) is 38.9 Å². The molecule has 1 aliphatic rings. The standard InChI is InChI=1S/C17H17N3O2S3/c1-19-16(22)11-6-9-24-15(11)18-17(19)25-10-14(21)20-7-2-4-12(20)13-5-3-8-23-13/h3,5-6,8-9,12H,2,4,7,10H2,1H3. The molecule has 8 heteroatoms. The van der Waals surface area contributed by atoms with E-state index in [9.17, 15) is 9.59 Å². The highest BCUT2D eigenvalue weighted by atomic mass is 32.2. The molecule has 3 aromatic rings. The van der Waals surface area contributed by atoms with E-state index in [-0.39, 0.29) is 17.5 Å². The van der Waals surface area contributed by atoms with E-state index in [1.165, 1.54) is 32.5 Å². The molecule has 1 aliphatic heterocycles. The van der Waals surface area contributed by atoms with Gasteiger partial charge in [-0.1, -0.05) is 17.8 Å². The Bertz CT molecular complexity index is 961. The molecule has 1 saturated heterocycles. The number of nitrogens with zero attached hydrogens (tertiary/aromatic N) is 3. The van der Waals surface area contributed by atoms with Gasteiger partial charge in [-0.2, -0.15) is 0 Å². The largest absolute Gasteiger partial charge is 0.334 e. The summed E-state index contributed by atoms with van der Waals surface area (Å²) in [4.78, 5) is 33.6. The van der Waals surface area contributed by atoms with E-state index in [1.807, 2.05) is 16.3 Å². The summed E-state index contributed by atoms with van der Waals surface area (Å²) in [5.74, 6) is 0.417. The number of thiophene rings is 2. The third-order valence-electron chi connectivity index (χ3n) is 4.43. The fourth-order valence-corrected chi connectivity index (χ4v) is 5.70. The molecule has 1 atom stereocenters. The van der Waals surface area contributed by atoms with Gasteiger partial charge in [0.05, 0.1) is 17.2 Å². The zero-order chi connectivity index (χ0) is 17.4. The van der Waals surface area contributed by atoms with E-state index in [1.54, 1.807) is 24.5 Å². The summed E-state index contributed by atoms with van der Waals surface area (Å²) in [6.07, 6.45) is 2.06. The van der Waals surface area contributed by atoms with Crippen LogP contribution < -0.4 is 5.56 Å². The van der Waals surface area contributed by atoms with Crippen molar-refractivity contribution < 1.29 is 4.79 Å². The number of thioether (sulfide) groups is 1. The van der Waals surface area contributed by atoms with Crippen molar-refractivity contribution in [1.29, 1.82) is 0 Å². The third-order valence-corrected chi connectivity index (χ3v) is 7.23. The SMILES string of the molecule is Cn1c(SCC(=O)N2CCCC2c2cccs2)nc2sccc2c1=O. The molecule has 0 spiro atoms. The number of rotatable bonds is 4. The van der Waals surface area contributed by atoms with E-state index >= 15 is 0 Å². The van der Waals surface area contributed by atoms with E-state index < -0.39 is 0 Å². The summed E-state index contributed by atoms with van der Waals surface area (Å²) in [7, 11) is 1.71. The number of carbonyl (C=O) groups excluding carboxylic acids is 1. The fourth-order valence-electron chi connectivity index (χ4n) is 3.16. The average Bonchev–Trinajstić information content (AvgIpc) is 3.36. The average molecular weight is 392 g/mol. The lowest BCUT2D eigenvalue weighted by Gasteiger charge is -2.23. The first-order valence-corrected chi connectivity index (χ1v) is 10.8. The molecule has 0 aliphatic carbocycles. The van der Waals surface area contributed by atoms with Crippen LogP contribution in [0.4, 0.5) is 0 Å². The number of aromatic nitrogens is 2. The summed E-state index contributed by atoms with van der Waals surface area (Å²) in [6.45, 7) is 0.804. The normalized spacial score (nSPS) is 17.5. The molecule has 0 aromatic carbocycles. The minimum Gasteiger partial charge on any atom is -0.334 e. The van der Waals surface area contributed by atoms with Crippen molar-refractivity contribution in [2.24, 2.45) is 7.05 Å². The molecular weight excluding hydrogens is 374 g/mol. The van der Waals surface area contributed by atoms with Gasteiger partial charge in [-0.25, -0.2) is 4.98 Å². The van der Waals surface area contributed by atoms with E-state index in [4.69, 9.17) is 0 Å². The van der Waals surface area contributed by atoms with Gasteiger partial charge in [-0.05, 0) is 35.7 Å². The zero-order valence-corrected chi connectivity index (χ0v) is 16.1. The second kappa shape index (κ2) is 6.93. The molecule has 1 fully saturated rings. The molecule has 25 heavy (non-hydrogen) atoms. The van der Waals surface area contributed by atoms with Gasteiger partial charge >= 0.3 is 0 Å². The lowest BCUT2D eigenvalue weighted by molar-refractivity contribution is -0.129. The van der Waals surface area contributed by atoms with Gasteiger partial charge in [0, 0.05) is 18.5 Å². The van der Waals surface area contributed by atoms with Crippen molar-refractivity contribution in [1.82, 2.24) is 14.5 Å². The Kier molecular flexibility index (Phi) is 4.66. The lowest BCUT2D eigenvalue weighted by atomic mass is 10.2. The van der Waals surface area contributed by atoms with E-state index in [0.29, 0.717) is 16.3 Å². The molecule has 1 unspecified atom stereocenters. The molecule has 0 bridgehead atoms. The Hall–Kier alpha value is -1.64. The maximum Gasteiger partial charge on any atom is 0.262 e. The van der Waals surface area contributed by atoms with Gasteiger partial charge in [0.15, 0.2) is 5.16 Å². The lowest BCUT2D eigenvalue weighted by Crippen LogP contribution is -2.32. The van der Waals surface area contributed by atoms with Gasteiger partial charge in [0.25, 0.3) is 5.56 Å². The molecule has 4 heterocycles. The van der Waals surface area contributed by atoms with Gasteiger partial charge in [-0.3, -0.25) is 14.2 Å². The predicted octanol–water partition coefficient (Wildman–Crippen LogP) is 3.51. The second-order valence-electron chi connectivity index (χ2n) is 5.95. The number of amides is 1. The summed E-state index contributed by atoms with van der Waals surface area (Å²) < 4.78 is 1.54. The van der Waals surface area contributed by atoms with Crippen molar-refractivity contribution >= 4 is 50.6 Å². The minimum atomic E-state index is -0.0566. The number of hydrogen-bond donors (Lipinski definition) is 0. The van der Waals surface area contributed by atoms with Gasteiger partial charge < -0.3 is 4.90 Å². The molecule has 1 amide bonds. The zero-order valence-electron chi connectivity index (χ0n) is 13.7. The molecular formula is C17H17N3O2S3. The maximum absolute atomic E-state index is 12.7. The molecule has 5 nitrogen and oxygen atoms in total. The monoisotopic (exact) mass is 391 g/mol. The highest BCUT2D eigenvalue weighted by molar-refractivity contribution is 7.99. The van der Waals surface area contributed by atoms with Gasteiger partial charge in [0.1, 0.15) is 4.83 Å². The molecule has 0 saturated carbocycles. The van der Waals surface area contributed by atoms with Crippen LogP contribution in [0.5, 0.6) is 0 Å². The highest BCUT2D eigenvalue weighted by Crippen LogP contribution is 2.35.